The first-order valence-corrected chi connectivity index (χ1v) is 9.22. The van der Waals surface area contributed by atoms with Gasteiger partial charge >= 0.3 is 0 Å². The van der Waals surface area contributed by atoms with Crippen LogP contribution < -0.4 is 4.74 Å². The molecule has 0 aliphatic rings. The number of carbonyl (C=O) groups excluding carboxylic acids is 1. The van der Waals surface area contributed by atoms with Crippen LogP contribution in [0.25, 0.3) is 11.5 Å². The Bertz CT molecular complexity index is 950. The van der Waals surface area contributed by atoms with Crippen molar-refractivity contribution in [3.8, 4) is 17.2 Å². The quantitative estimate of drug-likeness (QED) is 0.609. The molecule has 3 aromatic rings. The fourth-order valence-electron chi connectivity index (χ4n) is 2.71. The Morgan fingerprint density at radius 1 is 1.11 bits per heavy atom. The van der Waals surface area contributed by atoms with E-state index in [9.17, 15) is 4.79 Å². The maximum atomic E-state index is 12.8. The smallest absolute Gasteiger partial charge is 0.266 e. The summed E-state index contributed by atoms with van der Waals surface area (Å²) in [5.74, 6) is 1.13. The summed E-state index contributed by atoms with van der Waals surface area (Å²) in [5.41, 5.74) is 0.920. The summed E-state index contributed by atoms with van der Waals surface area (Å²) >= 11 is 5.89. The average Bonchev–Trinajstić information content (AvgIpc) is 3.11. The molecular weight excluding hydrogens is 378 g/mol. The molecule has 0 saturated heterocycles. The second kappa shape index (κ2) is 8.02. The molecule has 28 heavy (non-hydrogen) atoms. The third-order valence-corrected chi connectivity index (χ3v) is 4.44. The van der Waals surface area contributed by atoms with Gasteiger partial charge in [0.15, 0.2) is 5.60 Å². The lowest BCUT2D eigenvalue weighted by Crippen LogP contribution is -2.47. The van der Waals surface area contributed by atoms with E-state index in [1.807, 2.05) is 31.2 Å². The largest absolute Gasteiger partial charge is 0.478 e. The highest BCUT2D eigenvalue weighted by Gasteiger charge is 2.33. The molecule has 6 nitrogen and oxygen atoms in total. The van der Waals surface area contributed by atoms with Gasteiger partial charge in [0, 0.05) is 17.6 Å². The van der Waals surface area contributed by atoms with Crippen molar-refractivity contribution in [2.24, 2.45) is 0 Å². The van der Waals surface area contributed by atoms with Gasteiger partial charge in [-0.05, 0) is 57.2 Å². The maximum absolute atomic E-state index is 12.8. The van der Waals surface area contributed by atoms with Crippen molar-refractivity contribution in [1.82, 2.24) is 15.1 Å². The molecule has 0 radical (unpaired) electrons. The fourth-order valence-corrected chi connectivity index (χ4v) is 2.83. The van der Waals surface area contributed by atoms with Crippen molar-refractivity contribution in [1.29, 1.82) is 0 Å². The molecule has 0 aliphatic carbocycles. The fraction of sp³-hybridized carbons (Fsp3) is 0.286. The van der Waals surface area contributed by atoms with Crippen LogP contribution in [0.1, 0.15) is 25.3 Å². The lowest BCUT2D eigenvalue weighted by atomic mass is 10.1. The van der Waals surface area contributed by atoms with E-state index >= 15 is 0 Å². The number of nitrogens with zero attached hydrogens (tertiary/aromatic N) is 3. The predicted molar refractivity (Wildman–Crippen MR) is 107 cm³/mol. The van der Waals surface area contributed by atoms with Gasteiger partial charge in [-0.1, -0.05) is 29.3 Å². The first-order valence-electron chi connectivity index (χ1n) is 8.84. The zero-order chi connectivity index (χ0) is 20.3. The Balaban J connectivity index is 1.66. The minimum atomic E-state index is -1.07. The molecule has 0 aliphatic heterocycles. The highest BCUT2D eigenvalue weighted by Crippen LogP contribution is 2.23. The monoisotopic (exact) mass is 399 g/mol. The van der Waals surface area contributed by atoms with Crippen molar-refractivity contribution in [3.05, 3.63) is 65.0 Å². The Hall–Kier alpha value is -2.86. The summed E-state index contributed by atoms with van der Waals surface area (Å²) in [6.45, 7) is 5.63. The van der Waals surface area contributed by atoms with Crippen LogP contribution in [-0.4, -0.2) is 33.7 Å². The summed E-state index contributed by atoms with van der Waals surface area (Å²) in [6.07, 6.45) is 0. The van der Waals surface area contributed by atoms with Gasteiger partial charge in [-0.15, -0.1) is 10.2 Å². The third kappa shape index (κ3) is 4.70. The number of benzene rings is 2. The molecule has 3 rings (SSSR count). The summed E-state index contributed by atoms with van der Waals surface area (Å²) in [4.78, 5) is 14.3. The van der Waals surface area contributed by atoms with Crippen LogP contribution in [0.5, 0.6) is 5.75 Å². The number of carbonyl (C=O) groups is 1. The van der Waals surface area contributed by atoms with E-state index in [1.165, 1.54) is 4.90 Å². The second-order valence-corrected chi connectivity index (χ2v) is 7.53. The van der Waals surface area contributed by atoms with E-state index < -0.39 is 5.60 Å². The maximum Gasteiger partial charge on any atom is 0.266 e. The number of ether oxygens (including phenoxy) is 1. The molecule has 0 fully saturated rings. The molecule has 0 saturated carbocycles. The molecule has 7 heteroatoms. The minimum absolute atomic E-state index is 0.186. The molecule has 0 spiro atoms. The summed E-state index contributed by atoms with van der Waals surface area (Å²) in [7, 11) is 1.67. The SMILES string of the molecule is Cc1ccc(-c2nnc(CN(C)C(=O)C(C)(C)Oc3ccc(Cl)cc3)o2)cc1. The Morgan fingerprint density at radius 3 is 2.39 bits per heavy atom. The topological polar surface area (TPSA) is 68.5 Å². The van der Waals surface area contributed by atoms with Crippen LogP contribution in [0.4, 0.5) is 0 Å². The molecule has 2 aromatic carbocycles. The van der Waals surface area contributed by atoms with Crippen LogP contribution >= 0.6 is 11.6 Å². The lowest BCUT2D eigenvalue weighted by molar-refractivity contribution is -0.144. The Morgan fingerprint density at radius 2 is 1.75 bits per heavy atom. The summed E-state index contributed by atoms with van der Waals surface area (Å²) in [5, 5.41) is 8.72. The van der Waals surface area contributed by atoms with Crippen LogP contribution in [0, 0.1) is 6.92 Å². The molecule has 0 unspecified atom stereocenters. The zero-order valence-corrected chi connectivity index (χ0v) is 17.0. The van der Waals surface area contributed by atoms with Gasteiger partial charge in [-0.3, -0.25) is 4.79 Å². The number of aryl methyl sites for hydroxylation is 1. The van der Waals surface area contributed by atoms with Gasteiger partial charge in [-0.25, -0.2) is 0 Å². The molecular formula is C21H22ClN3O3. The average molecular weight is 400 g/mol. The van der Waals surface area contributed by atoms with E-state index in [4.69, 9.17) is 20.8 Å². The van der Waals surface area contributed by atoms with Crippen molar-refractivity contribution in [2.75, 3.05) is 7.05 Å². The normalized spacial score (nSPS) is 11.3. The Labute approximate surface area is 169 Å². The second-order valence-electron chi connectivity index (χ2n) is 7.09. The molecule has 1 heterocycles. The first-order chi connectivity index (χ1) is 13.2. The molecule has 1 aromatic heterocycles. The predicted octanol–water partition coefficient (Wildman–Crippen LogP) is 4.51. The van der Waals surface area contributed by atoms with E-state index in [1.54, 1.807) is 45.2 Å². The van der Waals surface area contributed by atoms with Crippen LogP contribution in [0.3, 0.4) is 0 Å². The van der Waals surface area contributed by atoms with E-state index in [-0.39, 0.29) is 12.5 Å². The first kappa shape index (κ1) is 19.9. The van der Waals surface area contributed by atoms with E-state index in [2.05, 4.69) is 10.2 Å². The standard InChI is InChI=1S/C21H22ClN3O3/c1-14-5-7-15(8-6-14)19-24-23-18(27-19)13-25(4)20(26)21(2,3)28-17-11-9-16(22)10-12-17/h5-12H,13H2,1-4H3. The minimum Gasteiger partial charge on any atom is -0.478 e. The zero-order valence-electron chi connectivity index (χ0n) is 16.3. The number of hydrogen-bond donors (Lipinski definition) is 0. The van der Waals surface area contributed by atoms with Crippen LogP contribution in [-0.2, 0) is 11.3 Å². The van der Waals surface area contributed by atoms with Gasteiger partial charge in [0.05, 0.1) is 6.54 Å². The van der Waals surface area contributed by atoms with Crippen molar-refractivity contribution in [3.63, 3.8) is 0 Å². The van der Waals surface area contributed by atoms with Crippen LogP contribution in [0.15, 0.2) is 52.9 Å². The summed E-state index contributed by atoms with van der Waals surface area (Å²) in [6, 6.07) is 14.7. The van der Waals surface area contributed by atoms with Crippen LogP contribution in [0.2, 0.25) is 5.02 Å². The molecule has 0 N–H and O–H groups in total. The number of rotatable bonds is 6. The highest BCUT2D eigenvalue weighted by molar-refractivity contribution is 6.30. The molecule has 146 valence electrons. The molecule has 0 atom stereocenters. The van der Waals surface area contributed by atoms with Crippen molar-refractivity contribution in [2.45, 2.75) is 32.9 Å². The highest BCUT2D eigenvalue weighted by atomic mass is 35.5. The van der Waals surface area contributed by atoms with Gasteiger partial charge < -0.3 is 14.1 Å². The number of likely N-dealkylation sites (N-methyl/N-ethyl adjacent to an activating group) is 1. The number of halogens is 1. The third-order valence-electron chi connectivity index (χ3n) is 4.19. The van der Waals surface area contributed by atoms with E-state index in [0.717, 1.165) is 11.1 Å². The van der Waals surface area contributed by atoms with Gasteiger partial charge in [0.25, 0.3) is 5.91 Å². The molecule has 0 bridgehead atoms. The van der Waals surface area contributed by atoms with Crippen molar-refractivity contribution < 1.29 is 13.9 Å². The van der Waals surface area contributed by atoms with Gasteiger partial charge in [-0.2, -0.15) is 0 Å². The van der Waals surface area contributed by atoms with Gasteiger partial charge in [0.2, 0.25) is 11.8 Å². The van der Waals surface area contributed by atoms with E-state index in [0.29, 0.717) is 22.6 Å². The number of aromatic nitrogens is 2. The molecule has 1 amide bonds. The Kier molecular flexibility index (Phi) is 5.70. The van der Waals surface area contributed by atoms with Crippen molar-refractivity contribution >= 4 is 17.5 Å². The van der Waals surface area contributed by atoms with Gasteiger partial charge in [0.1, 0.15) is 5.75 Å². The lowest BCUT2D eigenvalue weighted by Gasteiger charge is -2.29. The number of hydrogen-bond acceptors (Lipinski definition) is 5. The number of amides is 1. The summed E-state index contributed by atoms with van der Waals surface area (Å²) < 4.78 is 11.5.